The van der Waals surface area contributed by atoms with Crippen molar-refractivity contribution in [3.05, 3.63) is 22.1 Å². The Morgan fingerprint density at radius 3 is 2.80 bits per heavy atom. The van der Waals surface area contributed by atoms with Crippen molar-refractivity contribution in [2.75, 3.05) is 0 Å². The Labute approximate surface area is 59.1 Å². The van der Waals surface area contributed by atoms with E-state index in [1.807, 2.05) is 0 Å². The van der Waals surface area contributed by atoms with E-state index in [2.05, 4.69) is 15.0 Å². The summed E-state index contributed by atoms with van der Waals surface area (Å²) >= 11 is 0. The third-order valence-electron chi connectivity index (χ3n) is 0.998. The van der Waals surface area contributed by atoms with Crippen LogP contribution in [0.1, 0.15) is 11.6 Å². The number of hydrogen-bond acceptors (Lipinski definition) is 3. The number of hydrogen-bond donors (Lipinski definition) is 1. The number of nitrogens with zero attached hydrogens (tertiary/aromatic N) is 2. The van der Waals surface area contributed by atoms with Gasteiger partial charge in [0.2, 0.25) is 0 Å². The van der Waals surface area contributed by atoms with Crippen molar-refractivity contribution >= 4 is 7.85 Å². The molecule has 0 aliphatic rings. The smallest absolute Gasteiger partial charge is 0.294 e. The summed E-state index contributed by atoms with van der Waals surface area (Å²) in [5.74, 6) is 0.918. The lowest BCUT2D eigenvalue weighted by Gasteiger charge is -1.93. The summed E-state index contributed by atoms with van der Waals surface area (Å²) in [5, 5.41) is 0. The van der Waals surface area contributed by atoms with Crippen LogP contribution in [0.25, 0.3) is 0 Å². The second-order valence-corrected chi connectivity index (χ2v) is 1.86. The second-order valence-electron chi connectivity index (χ2n) is 1.86. The van der Waals surface area contributed by atoms with Gasteiger partial charge in [0.05, 0.1) is 7.85 Å². The lowest BCUT2D eigenvalue weighted by atomic mass is 10.1. The van der Waals surface area contributed by atoms with Crippen LogP contribution in [-0.2, 0) is 6.32 Å². The normalized spacial score (nSPS) is 9.70. The minimum atomic E-state index is -0.395. The van der Waals surface area contributed by atoms with Crippen molar-refractivity contribution in [3.63, 3.8) is 0 Å². The molecule has 1 heterocycles. The molecule has 0 amide bonds. The van der Waals surface area contributed by atoms with Crippen LogP contribution in [0.3, 0.4) is 0 Å². The van der Waals surface area contributed by atoms with Gasteiger partial charge in [-0.3, -0.25) is 4.98 Å². The maximum absolute atomic E-state index is 10.6. The molecular formula is C5H6BN3O. The van der Waals surface area contributed by atoms with Gasteiger partial charge in [0.25, 0.3) is 0 Å². The molecule has 0 aliphatic carbocycles. The van der Waals surface area contributed by atoms with E-state index in [0.29, 0.717) is 11.6 Å². The maximum Gasteiger partial charge on any atom is 0.348 e. The Kier molecular flexibility index (Phi) is 1.84. The van der Waals surface area contributed by atoms with E-state index in [4.69, 9.17) is 7.85 Å². The minimum Gasteiger partial charge on any atom is -0.294 e. The van der Waals surface area contributed by atoms with Crippen LogP contribution in [0.5, 0.6) is 0 Å². The first-order valence-corrected chi connectivity index (χ1v) is 2.86. The van der Waals surface area contributed by atoms with Gasteiger partial charge in [-0.05, 0) is 13.2 Å². The third-order valence-corrected chi connectivity index (χ3v) is 0.998. The Morgan fingerprint density at radius 1 is 1.60 bits per heavy atom. The van der Waals surface area contributed by atoms with E-state index in [-0.39, 0.29) is 6.32 Å². The molecule has 1 aromatic heterocycles. The Bertz CT molecular complexity index is 282. The first-order valence-electron chi connectivity index (χ1n) is 2.86. The minimum absolute atomic E-state index is 0.199. The van der Waals surface area contributed by atoms with Crippen LogP contribution in [-0.4, -0.2) is 22.8 Å². The zero-order valence-corrected chi connectivity index (χ0v) is 5.59. The molecule has 0 fully saturated rings. The predicted molar refractivity (Wildman–Crippen MR) is 36.8 cm³/mol. The number of aromatic nitrogens is 3. The zero-order chi connectivity index (χ0) is 7.56. The van der Waals surface area contributed by atoms with Gasteiger partial charge in [0, 0.05) is 0 Å². The van der Waals surface area contributed by atoms with Gasteiger partial charge in [-0.1, -0.05) is 0 Å². The van der Waals surface area contributed by atoms with Gasteiger partial charge in [-0.15, -0.1) is 0 Å². The molecule has 0 atom stereocenters. The standard InChI is InChI=1S/C5H6BN3O/c1-3-7-4(2-6)9-5(10)8-3/h2H2,1H3,(H,7,8,9,10). The summed E-state index contributed by atoms with van der Waals surface area (Å²) in [7, 11) is 5.21. The fraction of sp³-hybridized carbons (Fsp3) is 0.400. The average Bonchev–Trinajstić information content (AvgIpc) is 1.85. The molecule has 1 N–H and O–H groups in total. The Balaban J connectivity index is 3.19. The zero-order valence-electron chi connectivity index (χ0n) is 5.59. The van der Waals surface area contributed by atoms with E-state index in [9.17, 15) is 4.79 Å². The number of rotatable bonds is 1. The highest BCUT2D eigenvalue weighted by Crippen LogP contribution is 1.83. The fourth-order valence-electron chi connectivity index (χ4n) is 0.638. The molecular weight excluding hydrogens is 129 g/mol. The molecule has 0 saturated heterocycles. The summed E-state index contributed by atoms with van der Waals surface area (Å²) < 4.78 is 0. The Morgan fingerprint density at radius 2 is 2.30 bits per heavy atom. The van der Waals surface area contributed by atoms with Crippen LogP contribution in [0.15, 0.2) is 4.79 Å². The second kappa shape index (κ2) is 2.64. The monoisotopic (exact) mass is 135 g/mol. The van der Waals surface area contributed by atoms with Gasteiger partial charge in [-0.2, -0.15) is 4.98 Å². The summed E-state index contributed by atoms with van der Waals surface area (Å²) in [6.07, 6.45) is 0.199. The first-order chi connectivity index (χ1) is 4.72. The van der Waals surface area contributed by atoms with E-state index in [1.54, 1.807) is 6.92 Å². The number of nitrogens with one attached hydrogen (secondary N) is 1. The van der Waals surface area contributed by atoms with Crippen molar-refractivity contribution in [3.8, 4) is 0 Å². The van der Waals surface area contributed by atoms with Crippen molar-refractivity contribution in [1.82, 2.24) is 15.0 Å². The van der Waals surface area contributed by atoms with E-state index >= 15 is 0 Å². The van der Waals surface area contributed by atoms with Crippen LogP contribution in [0, 0.1) is 6.92 Å². The quantitative estimate of drug-likeness (QED) is 0.509. The summed E-state index contributed by atoms with van der Waals surface area (Å²) in [4.78, 5) is 20.4. The van der Waals surface area contributed by atoms with Crippen molar-refractivity contribution in [1.29, 1.82) is 0 Å². The number of aromatic amines is 1. The highest BCUT2D eigenvalue weighted by atomic mass is 16.1. The molecule has 0 spiro atoms. The van der Waals surface area contributed by atoms with E-state index < -0.39 is 5.69 Å². The van der Waals surface area contributed by atoms with Gasteiger partial charge in [0.15, 0.2) is 0 Å². The number of H-pyrrole nitrogens is 1. The van der Waals surface area contributed by atoms with Gasteiger partial charge in [0.1, 0.15) is 11.6 Å². The largest absolute Gasteiger partial charge is 0.348 e. The van der Waals surface area contributed by atoms with Crippen molar-refractivity contribution in [2.24, 2.45) is 0 Å². The predicted octanol–water partition coefficient (Wildman–Crippen LogP) is -0.858. The van der Waals surface area contributed by atoms with Gasteiger partial charge >= 0.3 is 5.69 Å². The SMILES string of the molecule is [B]Cc1nc(C)[nH]c(=O)n1. The lowest BCUT2D eigenvalue weighted by Crippen LogP contribution is -2.16. The number of aryl methyl sites for hydroxylation is 1. The molecule has 50 valence electrons. The molecule has 2 radical (unpaired) electrons. The molecule has 5 heteroatoms. The van der Waals surface area contributed by atoms with Gasteiger partial charge in [-0.25, -0.2) is 9.78 Å². The van der Waals surface area contributed by atoms with Gasteiger partial charge < -0.3 is 0 Å². The van der Waals surface area contributed by atoms with Crippen LogP contribution >= 0.6 is 0 Å². The summed E-state index contributed by atoms with van der Waals surface area (Å²) in [6.45, 7) is 1.68. The summed E-state index contributed by atoms with van der Waals surface area (Å²) in [5.41, 5.74) is -0.395. The molecule has 0 bridgehead atoms. The molecule has 1 aromatic rings. The third kappa shape index (κ3) is 1.43. The molecule has 10 heavy (non-hydrogen) atoms. The van der Waals surface area contributed by atoms with E-state index in [1.165, 1.54) is 0 Å². The van der Waals surface area contributed by atoms with Crippen molar-refractivity contribution < 1.29 is 0 Å². The molecule has 0 unspecified atom stereocenters. The van der Waals surface area contributed by atoms with Crippen LogP contribution in [0.4, 0.5) is 0 Å². The molecule has 0 aromatic carbocycles. The van der Waals surface area contributed by atoms with Crippen LogP contribution in [0.2, 0.25) is 0 Å². The maximum atomic E-state index is 10.6. The topological polar surface area (TPSA) is 58.6 Å². The molecule has 0 saturated carbocycles. The lowest BCUT2D eigenvalue weighted by molar-refractivity contribution is 0.869. The molecule has 0 aliphatic heterocycles. The highest BCUT2D eigenvalue weighted by molar-refractivity contribution is 6.07. The van der Waals surface area contributed by atoms with Crippen LogP contribution < -0.4 is 5.69 Å². The van der Waals surface area contributed by atoms with Crippen molar-refractivity contribution in [2.45, 2.75) is 13.2 Å². The Hall–Kier alpha value is -1.13. The van der Waals surface area contributed by atoms with E-state index in [0.717, 1.165) is 0 Å². The summed E-state index contributed by atoms with van der Waals surface area (Å²) in [6, 6.07) is 0. The molecule has 1 rings (SSSR count). The fourth-order valence-corrected chi connectivity index (χ4v) is 0.638. The molecule has 4 nitrogen and oxygen atoms in total. The highest BCUT2D eigenvalue weighted by Gasteiger charge is 1.94. The average molecular weight is 135 g/mol. The first kappa shape index (κ1) is 6.99.